The van der Waals surface area contributed by atoms with Crippen molar-refractivity contribution in [1.82, 2.24) is 0 Å². The predicted octanol–water partition coefficient (Wildman–Crippen LogP) is 6.72. The molecule has 1 heterocycles. The zero-order chi connectivity index (χ0) is 12.6. The molecule has 0 N–H and O–H groups in total. The summed E-state index contributed by atoms with van der Waals surface area (Å²) < 4.78 is 2.12. The van der Waals surface area contributed by atoms with Gasteiger partial charge in [-0.3, -0.25) is 0 Å². The minimum Gasteiger partial charge on any atom is -0.130 e. The van der Waals surface area contributed by atoms with Gasteiger partial charge in [-0.25, -0.2) is 0 Å². The van der Waals surface area contributed by atoms with E-state index in [4.69, 9.17) is 11.6 Å². The third kappa shape index (κ3) is 2.98. The van der Waals surface area contributed by atoms with Crippen LogP contribution in [0.3, 0.4) is 0 Å². The van der Waals surface area contributed by atoms with E-state index in [1.165, 1.54) is 16.0 Å². The lowest BCUT2D eigenvalue weighted by atomic mass is 10.1. The van der Waals surface area contributed by atoms with Crippen LogP contribution < -0.4 is 0 Å². The lowest BCUT2D eigenvalue weighted by Crippen LogP contribution is -1.92. The Hall–Kier alpha value is 0.650. The van der Waals surface area contributed by atoms with Crippen molar-refractivity contribution >= 4 is 70.7 Å². The van der Waals surface area contributed by atoms with Gasteiger partial charge in [-0.2, -0.15) is 0 Å². The van der Waals surface area contributed by atoms with Gasteiger partial charge in [0.2, 0.25) is 0 Å². The molecule has 0 saturated heterocycles. The van der Waals surface area contributed by atoms with Crippen LogP contribution in [0.4, 0.5) is 0 Å². The second kappa shape index (κ2) is 5.74. The monoisotopic (exact) mass is 456 g/mol. The highest BCUT2D eigenvalue weighted by molar-refractivity contribution is 9.11. The molecule has 1 aromatic carbocycles. The third-order valence-electron chi connectivity index (χ3n) is 2.41. The highest BCUT2D eigenvalue weighted by Crippen LogP contribution is 2.43. The van der Waals surface area contributed by atoms with Crippen molar-refractivity contribution in [3.63, 3.8) is 0 Å². The Labute approximate surface area is 135 Å². The summed E-state index contributed by atoms with van der Waals surface area (Å²) in [5.41, 5.74) is 2.45. The molecule has 2 aromatic rings. The molecular weight excluding hydrogens is 451 g/mol. The molecule has 1 atom stereocenters. The Balaban J connectivity index is 2.43. The minimum atomic E-state index is 0.158. The SMILES string of the molecule is Cc1cccc(C(Br)c2cc(Cl)c(Br)s2)c1Br. The van der Waals surface area contributed by atoms with Crippen molar-refractivity contribution in [3.05, 3.63) is 53.6 Å². The topological polar surface area (TPSA) is 0 Å². The molecule has 0 fully saturated rings. The zero-order valence-corrected chi connectivity index (χ0v) is 15.1. The lowest BCUT2D eigenvalue weighted by molar-refractivity contribution is 1.19. The summed E-state index contributed by atoms with van der Waals surface area (Å²) in [5.74, 6) is 0. The molecule has 0 aliphatic rings. The molecule has 2 rings (SSSR count). The van der Waals surface area contributed by atoms with Crippen LogP contribution in [0.5, 0.6) is 0 Å². The van der Waals surface area contributed by atoms with Crippen molar-refractivity contribution in [1.29, 1.82) is 0 Å². The van der Waals surface area contributed by atoms with Crippen molar-refractivity contribution in [3.8, 4) is 0 Å². The van der Waals surface area contributed by atoms with Crippen molar-refractivity contribution in [2.24, 2.45) is 0 Å². The quantitative estimate of drug-likeness (QED) is 0.438. The number of thiophene rings is 1. The average molecular weight is 459 g/mol. The summed E-state index contributed by atoms with van der Waals surface area (Å²) in [4.78, 5) is 1.35. The first-order valence-electron chi connectivity index (χ1n) is 4.84. The first kappa shape index (κ1) is 14.1. The molecule has 1 unspecified atom stereocenters. The molecule has 0 nitrogen and oxygen atoms in total. The molecule has 0 aliphatic carbocycles. The van der Waals surface area contributed by atoms with Crippen molar-refractivity contribution in [2.45, 2.75) is 11.8 Å². The van der Waals surface area contributed by atoms with Gasteiger partial charge < -0.3 is 0 Å². The summed E-state index contributed by atoms with van der Waals surface area (Å²) in [6.07, 6.45) is 0. The summed E-state index contributed by atoms with van der Waals surface area (Å²) in [6, 6.07) is 8.25. The normalized spacial score (nSPS) is 12.8. The van der Waals surface area contributed by atoms with E-state index in [0.29, 0.717) is 0 Å². The Bertz CT molecular complexity index is 531. The Morgan fingerprint density at radius 1 is 1.29 bits per heavy atom. The molecule has 0 saturated carbocycles. The van der Waals surface area contributed by atoms with Crippen LogP contribution in [0.15, 0.2) is 32.5 Å². The summed E-state index contributed by atoms with van der Waals surface area (Å²) in [6.45, 7) is 2.09. The standard InChI is InChI=1S/C12H8Br3ClS/c1-6-3-2-4-7(10(6)13)11(14)9-5-8(16)12(15)17-9/h2-5,11H,1H3. The number of benzene rings is 1. The first-order chi connectivity index (χ1) is 8.00. The number of hydrogen-bond acceptors (Lipinski definition) is 1. The maximum atomic E-state index is 6.06. The second-order valence-electron chi connectivity index (χ2n) is 3.61. The van der Waals surface area contributed by atoms with E-state index in [9.17, 15) is 0 Å². The van der Waals surface area contributed by atoms with E-state index in [-0.39, 0.29) is 4.83 Å². The smallest absolute Gasteiger partial charge is 0.0887 e. The van der Waals surface area contributed by atoms with E-state index in [0.717, 1.165) is 13.3 Å². The number of alkyl halides is 1. The van der Waals surface area contributed by atoms with Crippen LogP contribution in [0.25, 0.3) is 0 Å². The van der Waals surface area contributed by atoms with E-state index < -0.39 is 0 Å². The fraction of sp³-hybridized carbons (Fsp3) is 0.167. The summed E-state index contributed by atoms with van der Waals surface area (Å²) in [7, 11) is 0. The maximum absolute atomic E-state index is 6.06. The number of rotatable bonds is 2. The molecule has 0 bridgehead atoms. The van der Waals surface area contributed by atoms with Gasteiger partial charge in [0, 0.05) is 9.35 Å². The Kier molecular flexibility index (Phi) is 4.75. The van der Waals surface area contributed by atoms with E-state index in [2.05, 4.69) is 72.9 Å². The summed E-state index contributed by atoms with van der Waals surface area (Å²) in [5, 5.41) is 0.762. The fourth-order valence-electron chi connectivity index (χ4n) is 1.51. The second-order valence-corrected chi connectivity index (χ2v) is 8.13. The van der Waals surface area contributed by atoms with Gasteiger partial charge in [0.25, 0.3) is 0 Å². The van der Waals surface area contributed by atoms with Crippen molar-refractivity contribution < 1.29 is 0 Å². The van der Waals surface area contributed by atoms with Crippen LogP contribution >= 0.6 is 70.7 Å². The fourth-order valence-corrected chi connectivity index (χ4v) is 4.85. The van der Waals surface area contributed by atoms with Crippen LogP contribution in [0, 0.1) is 6.92 Å². The molecule has 90 valence electrons. The minimum absolute atomic E-state index is 0.158. The molecule has 0 spiro atoms. The highest BCUT2D eigenvalue weighted by Gasteiger charge is 2.17. The molecule has 0 amide bonds. The number of halogens is 4. The molecule has 1 aromatic heterocycles. The summed E-state index contributed by atoms with van der Waals surface area (Å²) >= 11 is 18.5. The van der Waals surface area contributed by atoms with Gasteiger partial charge in [0.15, 0.2) is 0 Å². The van der Waals surface area contributed by atoms with E-state index in [1.807, 2.05) is 6.07 Å². The Morgan fingerprint density at radius 2 is 2.00 bits per heavy atom. The van der Waals surface area contributed by atoms with E-state index >= 15 is 0 Å². The lowest BCUT2D eigenvalue weighted by Gasteiger charge is -2.12. The largest absolute Gasteiger partial charge is 0.130 e. The molecular formula is C12H8Br3ClS. The van der Waals surface area contributed by atoms with Gasteiger partial charge in [-0.15, -0.1) is 11.3 Å². The number of aryl methyl sites for hydroxylation is 1. The van der Waals surface area contributed by atoms with E-state index in [1.54, 1.807) is 11.3 Å². The predicted molar refractivity (Wildman–Crippen MR) is 86.7 cm³/mol. The van der Waals surface area contributed by atoms with Crippen molar-refractivity contribution in [2.75, 3.05) is 0 Å². The van der Waals surface area contributed by atoms with Crippen LogP contribution in [0.1, 0.15) is 20.8 Å². The van der Waals surface area contributed by atoms with Gasteiger partial charge in [0.1, 0.15) is 0 Å². The zero-order valence-electron chi connectivity index (χ0n) is 8.81. The number of hydrogen-bond donors (Lipinski definition) is 0. The van der Waals surface area contributed by atoms with Crippen LogP contribution in [-0.4, -0.2) is 0 Å². The average Bonchev–Trinajstić information content (AvgIpc) is 2.62. The van der Waals surface area contributed by atoms with Crippen LogP contribution in [0.2, 0.25) is 5.02 Å². The first-order valence-corrected chi connectivity index (χ1v) is 8.54. The molecule has 0 radical (unpaired) electrons. The maximum Gasteiger partial charge on any atom is 0.0887 e. The van der Waals surface area contributed by atoms with Crippen LogP contribution in [-0.2, 0) is 0 Å². The van der Waals surface area contributed by atoms with Gasteiger partial charge >= 0.3 is 0 Å². The van der Waals surface area contributed by atoms with Gasteiger partial charge in [-0.05, 0) is 40.0 Å². The Morgan fingerprint density at radius 3 is 2.59 bits per heavy atom. The van der Waals surface area contributed by atoms with Gasteiger partial charge in [-0.1, -0.05) is 61.7 Å². The third-order valence-corrected chi connectivity index (χ3v) is 7.32. The molecule has 0 aliphatic heterocycles. The molecule has 5 heteroatoms. The van der Waals surface area contributed by atoms with Gasteiger partial charge in [0.05, 0.1) is 13.6 Å². The highest BCUT2D eigenvalue weighted by atomic mass is 79.9. The molecule has 17 heavy (non-hydrogen) atoms.